The minimum Gasteiger partial charge on any atom is -0.363 e. The molecule has 2 aromatic rings. The van der Waals surface area contributed by atoms with Crippen LogP contribution in [0.2, 0.25) is 0 Å². The summed E-state index contributed by atoms with van der Waals surface area (Å²) in [6.45, 7) is 2.00. The summed E-state index contributed by atoms with van der Waals surface area (Å²) >= 11 is 0.622. The van der Waals surface area contributed by atoms with Gasteiger partial charge in [-0.25, -0.2) is 16.8 Å². The number of hydrogen-bond acceptors (Lipinski definition) is 9. The van der Waals surface area contributed by atoms with Crippen molar-refractivity contribution < 1.29 is 21.8 Å². The van der Waals surface area contributed by atoms with Crippen molar-refractivity contribution in [3.8, 4) is 0 Å². The Balaban J connectivity index is 1.85. The average Bonchev–Trinajstić information content (AvgIpc) is 2.99. The fourth-order valence-corrected chi connectivity index (χ4v) is 6.57. The number of sulfone groups is 1. The van der Waals surface area contributed by atoms with Crippen LogP contribution in [-0.2, 0) is 19.9 Å². The molecular weight excluding hydrogens is 444 g/mol. The lowest BCUT2D eigenvalue weighted by atomic mass is 10.2. The number of hydrogen-bond donors (Lipinski definition) is 1. The molecule has 1 aromatic carbocycles. The van der Waals surface area contributed by atoms with E-state index in [1.54, 1.807) is 4.90 Å². The highest BCUT2D eigenvalue weighted by Crippen LogP contribution is 2.32. The highest BCUT2D eigenvalue weighted by Gasteiger charge is 2.33. The van der Waals surface area contributed by atoms with Crippen molar-refractivity contribution in [3.63, 3.8) is 0 Å². The number of aromatic nitrogens is 1. The number of nitro benzene ring substituents is 1. The summed E-state index contributed by atoms with van der Waals surface area (Å²) in [4.78, 5) is 25.7. The molecule has 1 aliphatic heterocycles. The van der Waals surface area contributed by atoms with Gasteiger partial charge in [-0.05, 0) is 19.1 Å². The maximum atomic E-state index is 12.8. The van der Waals surface area contributed by atoms with E-state index < -0.39 is 29.7 Å². The molecule has 0 amide bonds. The molecule has 158 valence electrons. The number of nitro groups is 1. The first-order valence-corrected chi connectivity index (χ1v) is 12.5. The minimum atomic E-state index is -3.85. The maximum Gasteiger partial charge on any atom is 0.305 e. The maximum absolute atomic E-state index is 12.8. The molecule has 0 radical (unpaired) electrons. The molecule has 29 heavy (non-hydrogen) atoms. The molecule has 0 bridgehead atoms. The highest BCUT2D eigenvalue weighted by molar-refractivity contribution is 7.91. The van der Waals surface area contributed by atoms with Crippen molar-refractivity contribution in [2.24, 2.45) is 0 Å². The van der Waals surface area contributed by atoms with Crippen LogP contribution in [0.1, 0.15) is 5.69 Å². The van der Waals surface area contributed by atoms with E-state index in [4.69, 9.17) is 0 Å². The van der Waals surface area contributed by atoms with E-state index in [0.717, 1.165) is 12.3 Å². The zero-order chi connectivity index (χ0) is 21.6. The summed E-state index contributed by atoms with van der Waals surface area (Å²) in [5, 5.41) is 11.4. The number of H-pyrrole nitrogens is 1. The van der Waals surface area contributed by atoms with Gasteiger partial charge in [0.15, 0.2) is 14.0 Å². The van der Waals surface area contributed by atoms with Gasteiger partial charge in [-0.2, -0.15) is 4.31 Å². The van der Waals surface area contributed by atoms with Gasteiger partial charge < -0.3 is 9.88 Å². The Kier molecular flexibility index (Phi) is 5.55. The van der Waals surface area contributed by atoms with Crippen LogP contribution in [-0.4, -0.2) is 63.5 Å². The number of sulfonamides is 1. The third-order valence-corrected chi connectivity index (χ3v) is 9.10. The first-order chi connectivity index (χ1) is 13.4. The summed E-state index contributed by atoms with van der Waals surface area (Å²) in [5.41, 5.74) is 0.139. The smallest absolute Gasteiger partial charge is 0.305 e. The summed E-state index contributed by atoms with van der Waals surface area (Å²) in [5.74, 6) is 0. The predicted molar refractivity (Wildman–Crippen MR) is 107 cm³/mol. The first kappa shape index (κ1) is 21.4. The number of benzene rings is 1. The zero-order valence-corrected chi connectivity index (χ0v) is 17.9. The molecule has 0 spiro atoms. The number of aromatic amines is 1. The van der Waals surface area contributed by atoms with Crippen LogP contribution in [0.15, 0.2) is 32.1 Å². The molecule has 1 aliphatic rings. The first-order valence-electron chi connectivity index (χ1n) is 8.34. The van der Waals surface area contributed by atoms with Crippen LogP contribution < -0.4 is 9.77 Å². The Morgan fingerprint density at radius 3 is 2.24 bits per heavy atom. The molecular formula is C15H18N4O7S3. The van der Waals surface area contributed by atoms with Crippen molar-refractivity contribution in [1.29, 1.82) is 0 Å². The molecule has 0 saturated carbocycles. The fourth-order valence-electron chi connectivity index (χ4n) is 3.07. The topological polar surface area (TPSA) is 151 Å². The van der Waals surface area contributed by atoms with E-state index in [2.05, 4.69) is 4.98 Å². The Labute approximate surface area is 170 Å². The normalized spacial score (nSPS) is 16.1. The van der Waals surface area contributed by atoms with Gasteiger partial charge in [-0.3, -0.25) is 14.9 Å². The second-order valence-electron chi connectivity index (χ2n) is 6.50. The molecule has 3 rings (SSSR count). The Bertz CT molecular complexity index is 1220. The van der Waals surface area contributed by atoms with E-state index in [1.165, 1.54) is 23.4 Å². The lowest BCUT2D eigenvalue weighted by molar-refractivity contribution is -0.384. The lowest BCUT2D eigenvalue weighted by Crippen LogP contribution is -2.48. The highest BCUT2D eigenvalue weighted by atomic mass is 32.2. The van der Waals surface area contributed by atoms with E-state index in [0.29, 0.717) is 11.3 Å². The zero-order valence-electron chi connectivity index (χ0n) is 15.5. The Morgan fingerprint density at radius 1 is 1.14 bits per heavy atom. The monoisotopic (exact) mass is 462 g/mol. The van der Waals surface area contributed by atoms with Crippen LogP contribution in [0, 0.1) is 17.0 Å². The number of nitrogens with one attached hydrogen (secondary N) is 1. The largest absolute Gasteiger partial charge is 0.363 e. The Hall–Kier alpha value is -2.29. The van der Waals surface area contributed by atoms with Crippen molar-refractivity contribution in [3.05, 3.63) is 43.7 Å². The summed E-state index contributed by atoms with van der Waals surface area (Å²) in [6.07, 6.45) is 0.965. The van der Waals surface area contributed by atoms with Crippen molar-refractivity contribution in [2.75, 3.05) is 37.3 Å². The molecule has 0 aliphatic carbocycles. The van der Waals surface area contributed by atoms with E-state index >= 15 is 0 Å². The summed E-state index contributed by atoms with van der Waals surface area (Å²) in [6, 6.07) is 3.66. The van der Waals surface area contributed by atoms with Crippen LogP contribution in [0.25, 0.3) is 0 Å². The molecule has 2 heterocycles. The third-order valence-electron chi connectivity index (χ3n) is 4.51. The van der Waals surface area contributed by atoms with E-state index in [9.17, 15) is 31.7 Å². The van der Waals surface area contributed by atoms with Gasteiger partial charge >= 0.3 is 4.87 Å². The quantitative estimate of drug-likeness (QED) is 0.500. The molecule has 1 N–H and O–H groups in total. The summed E-state index contributed by atoms with van der Waals surface area (Å²) < 4.78 is 50.1. The number of rotatable bonds is 5. The standard InChI is InChI=1S/C15H18N4O7S3/c1-10-14(27-15(20)16-10)29(25,26)18-7-5-17(6-8-18)12-4-3-11(28(2,23)24)9-13(12)19(21)22/h3-4,9H,5-8H2,1-2H3,(H,16,20). The number of aryl methyl sites for hydroxylation is 1. The number of piperazine rings is 1. The van der Waals surface area contributed by atoms with Crippen LogP contribution in [0.4, 0.5) is 11.4 Å². The van der Waals surface area contributed by atoms with Gasteiger partial charge in [0.25, 0.3) is 15.7 Å². The summed E-state index contributed by atoms with van der Waals surface area (Å²) in [7, 11) is -7.45. The molecule has 0 unspecified atom stereocenters. The molecule has 14 heteroatoms. The number of nitrogens with zero attached hydrogens (tertiary/aromatic N) is 3. The van der Waals surface area contributed by atoms with Crippen LogP contribution in [0.5, 0.6) is 0 Å². The lowest BCUT2D eigenvalue weighted by Gasteiger charge is -2.34. The second-order valence-corrected chi connectivity index (χ2v) is 11.6. The van der Waals surface area contributed by atoms with Gasteiger partial charge in [0, 0.05) is 44.2 Å². The number of anilines is 1. The molecule has 1 saturated heterocycles. The third kappa shape index (κ3) is 4.19. The van der Waals surface area contributed by atoms with Gasteiger partial charge in [-0.1, -0.05) is 11.3 Å². The van der Waals surface area contributed by atoms with Crippen molar-refractivity contribution in [2.45, 2.75) is 16.0 Å². The van der Waals surface area contributed by atoms with Gasteiger partial charge in [-0.15, -0.1) is 0 Å². The minimum absolute atomic E-state index is 0.0422. The van der Waals surface area contributed by atoms with Crippen LogP contribution >= 0.6 is 11.3 Å². The fraction of sp³-hybridized carbons (Fsp3) is 0.400. The number of thiazole rings is 1. The van der Waals surface area contributed by atoms with Crippen molar-refractivity contribution >= 4 is 42.6 Å². The van der Waals surface area contributed by atoms with Gasteiger partial charge in [0.2, 0.25) is 0 Å². The van der Waals surface area contributed by atoms with E-state index in [-0.39, 0.29) is 52.4 Å². The van der Waals surface area contributed by atoms with Gasteiger partial charge in [0.05, 0.1) is 9.82 Å². The predicted octanol–water partition coefficient (Wildman–Crippen LogP) is 0.567. The van der Waals surface area contributed by atoms with E-state index in [1.807, 2.05) is 0 Å². The SMILES string of the molecule is Cc1[nH]c(=O)sc1S(=O)(=O)N1CCN(c2ccc(S(C)(=O)=O)cc2[N+](=O)[O-])CC1. The molecule has 0 atom stereocenters. The van der Waals surface area contributed by atoms with Crippen molar-refractivity contribution in [1.82, 2.24) is 9.29 Å². The molecule has 1 aromatic heterocycles. The molecule has 11 nitrogen and oxygen atoms in total. The van der Waals surface area contributed by atoms with Crippen LogP contribution in [0.3, 0.4) is 0 Å². The van der Waals surface area contributed by atoms with Gasteiger partial charge in [0.1, 0.15) is 5.69 Å². The molecule has 1 fully saturated rings. The Morgan fingerprint density at radius 2 is 1.76 bits per heavy atom. The average molecular weight is 463 g/mol. The second kappa shape index (κ2) is 7.51.